The minimum absolute atomic E-state index is 0.138. The summed E-state index contributed by atoms with van der Waals surface area (Å²) in [7, 11) is -4.07. The van der Waals surface area contributed by atoms with E-state index in [9.17, 15) is 8.42 Å². The van der Waals surface area contributed by atoms with E-state index >= 15 is 0 Å². The number of nitriles is 1. The molecule has 0 unspecified atom stereocenters. The van der Waals surface area contributed by atoms with Gasteiger partial charge in [0.25, 0.3) is 0 Å². The van der Waals surface area contributed by atoms with E-state index in [1.165, 1.54) is 6.07 Å². The lowest BCUT2D eigenvalue weighted by Crippen LogP contribution is -2.17. The number of nitrogens with two attached hydrogens (primary N) is 2. The highest BCUT2D eigenvalue weighted by molar-refractivity contribution is 7.93. The molecule has 0 atom stereocenters. The molecule has 0 aromatic heterocycles. The molecule has 78 valence electrons. The summed E-state index contributed by atoms with van der Waals surface area (Å²) in [6, 6.07) is 9.78. The molecular formula is C9H9N3O2S. The number of rotatable bonds is 2. The van der Waals surface area contributed by atoms with Gasteiger partial charge >= 0.3 is 0 Å². The quantitative estimate of drug-likeness (QED) is 0.694. The molecule has 0 aliphatic heterocycles. The molecule has 6 heteroatoms. The van der Waals surface area contributed by atoms with Crippen molar-refractivity contribution in [3.63, 3.8) is 0 Å². The van der Waals surface area contributed by atoms with Crippen molar-refractivity contribution in [2.45, 2.75) is 0 Å². The van der Waals surface area contributed by atoms with Crippen molar-refractivity contribution in [2.24, 2.45) is 10.9 Å². The SMILES string of the molecule is N#CC(=C(N)c1ccccc1)S(N)(=O)=O. The number of hydrogen-bond acceptors (Lipinski definition) is 4. The van der Waals surface area contributed by atoms with Crippen molar-refractivity contribution >= 4 is 15.7 Å². The summed E-state index contributed by atoms with van der Waals surface area (Å²) < 4.78 is 22.0. The number of nitrogens with zero attached hydrogens (tertiary/aromatic N) is 1. The molecule has 4 N–H and O–H groups in total. The summed E-state index contributed by atoms with van der Waals surface area (Å²) in [5.41, 5.74) is 5.84. The van der Waals surface area contributed by atoms with Gasteiger partial charge in [0.15, 0.2) is 4.91 Å². The minimum Gasteiger partial charge on any atom is -0.397 e. The summed E-state index contributed by atoms with van der Waals surface area (Å²) >= 11 is 0. The van der Waals surface area contributed by atoms with Gasteiger partial charge in [0.05, 0.1) is 5.70 Å². The van der Waals surface area contributed by atoms with E-state index in [0.29, 0.717) is 5.56 Å². The van der Waals surface area contributed by atoms with Gasteiger partial charge in [-0.05, 0) is 5.56 Å². The van der Waals surface area contributed by atoms with Crippen LogP contribution in [0.15, 0.2) is 35.2 Å². The second-order valence-corrected chi connectivity index (χ2v) is 4.26. The van der Waals surface area contributed by atoms with Gasteiger partial charge in [0, 0.05) is 0 Å². The molecule has 0 saturated carbocycles. The zero-order chi connectivity index (χ0) is 11.5. The van der Waals surface area contributed by atoms with E-state index in [0.717, 1.165) is 0 Å². The highest BCUT2D eigenvalue weighted by atomic mass is 32.2. The predicted molar refractivity (Wildman–Crippen MR) is 56.3 cm³/mol. The standard InChI is InChI=1S/C9H9N3O2S/c10-6-8(15(12,13)14)9(11)7-4-2-1-3-5-7/h1-5H,11H2,(H2,12,13,14). The van der Waals surface area contributed by atoms with E-state index in [1.807, 2.05) is 0 Å². The van der Waals surface area contributed by atoms with Gasteiger partial charge in [-0.25, -0.2) is 13.6 Å². The molecule has 0 saturated heterocycles. The lowest BCUT2D eigenvalue weighted by atomic mass is 10.1. The van der Waals surface area contributed by atoms with Gasteiger partial charge < -0.3 is 5.73 Å². The van der Waals surface area contributed by atoms with Crippen LogP contribution in [0.2, 0.25) is 0 Å². The van der Waals surface area contributed by atoms with Crippen LogP contribution in [-0.4, -0.2) is 8.42 Å². The van der Waals surface area contributed by atoms with Crippen LogP contribution in [0, 0.1) is 11.3 Å². The van der Waals surface area contributed by atoms with Crippen LogP contribution in [0.1, 0.15) is 5.56 Å². The smallest absolute Gasteiger partial charge is 0.250 e. The number of benzene rings is 1. The molecule has 0 heterocycles. The Labute approximate surface area is 87.7 Å². The predicted octanol–water partition coefficient (Wildman–Crippen LogP) is 0.126. The van der Waals surface area contributed by atoms with Crippen LogP contribution in [0.25, 0.3) is 5.70 Å². The number of hydrogen-bond donors (Lipinski definition) is 2. The lowest BCUT2D eigenvalue weighted by Gasteiger charge is -2.03. The molecule has 0 bridgehead atoms. The summed E-state index contributed by atoms with van der Waals surface area (Å²) in [5, 5.41) is 13.5. The molecule has 0 aliphatic rings. The largest absolute Gasteiger partial charge is 0.397 e. The van der Waals surface area contributed by atoms with Gasteiger partial charge in [-0.1, -0.05) is 30.3 Å². The lowest BCUT2D eigenvalue weighted by molar-refractivity contribution is 0.605. The highest BCUT2D eigenvalue weighted by Crippen LogP contribution is 2.15. The first kappa shape index (κ1) is 11.2. The first-order chi connectivity index (χ1) is 6.96. The van der Waals surface area contributed by atoms with Gasteiger partial charge in [-0.2, -0.15) is 5.26 Å². The Balaban J connectivity index is 3.40. The van der Waals surface area contributed by atoms with Crippen molar-refractivity contribution in [1.82, 2.24) is 0 Å². The third kappa shape index (κ3) is 2.56. The van der Waals surface area contributed by atoms with Gasteiger partial charge in [-0.3, -0.25) is 0 Å². The number of allylic oxidation sites excluding steroid dienone is 1. The average molecular weight is 223 g/mol. The van der Waals surface area contributed by atoms with Gasteiger partial charge in [0.2, 0.25) is 10.0 Å². The normalized spacial score (nSPS) is 12.8. The van der Waals surface area contributed by atoms with Gasteiger partial charge in [0.1, 0.15) is 6.07 Å². The van der Waals surface area contributed by atoms with Crippen LogP contribution in [0.5, 0.6) is 0 Å². The number of primary sulfonamides is 1. The fourth-order valence-electron chi connectivity index (χ4n) is 1.03. The van der Waals surface area contributed by atoms with E-state index in [4.69, 9.17) is 16.1 Å². The Bertz CT molecular complexity index is 526. The van der Waals surface area contributed by atoms with Crippen molar-refractivity contribution in [2.75, 3.05) is 0 Å². The molecular weight excluding hydrogens is 214 g/mol. The molecule has 1 rings (SSSR count). The molecule has 1 aromatic rings. The molecule has 0 aliphatic carbocycles. The van der Waals surface area contributed by atoms with Crippen molar-refractivity contribution in [3.8, 4) is 6.07 Å². The van der Waals surface area contributed by atoms with Crippen molar-refractivity contribution < 1.29 is 8.42 Å². The second-order valence-electron chi connectivity index (χ2n) is 2.77. The zero-order valence-electron chi connectivity index (χ0n) is 7.71. The van der Waals surface area contributed by atoms with E-state index in [2.05, 4.69) is 0 Å². The van der Waals surface area contributed by atoms with Crippen LogP contribution in [0.4, 0.5) is 0 Å². The molecule has 0 amide bonds. The maximum absolute atomic E-state index is 11.0. The Kier molecular flexibility index (Phi) is 3.09. The summed E-state index contributed by atoms with van der Waals surface area (Å²) in [6.45, 7) is 0. The average Bonchev–Trinajstić information content (AvgIpc) is 2.18. The first-order valence-corrected chi connectivity index (χ1v) is 5.49. The molecule has 0 fully saturated rings. The number of sulfonamides is 1. The summed E-state index contributed by atoms with van der Waals surface area (Å²) in [5.74, 6) is 0. The van der Waals surface area contributed by atoms with Crippen LogP contribution < -0.4 is 10.9 Å². The monoisotopic (exact) mass is 223 g/mol. The molecule has 0 radical (unpaired) electrons. The van der Waals surface area contributed by atoms with Crippen LogP contribution in [0.3, 0.4) is 0 Å². The van der Waals surface area contributed by atoms with E-state index < -0.39 is 14.9 Å². The van der Waals surface area contributed by atoms with Crippen molar-refractivity contribution in [1.29, 1.82) is 5.26 Å². The molecule has 0 spiro atoms. The highest BCUT2D eigenvalue weighted by Gasteiger charge is 2.16. The molecule has 15 heavy (non-hydrogen) atoms. The Hall–Kier alpha value is -1.84. The van der Waals surface area contributed by atoms with Crippen molar-refractivity contribution in [3.05, 3.63) is 40.8 Å². The molecule has 5 nitrogen and oxygen atoms in total. The minimum atomic E-state index is -4.07. The summed E-state index contributed by atoms with van der Waals surface area (Å²) in [4.78, 5) is -0.617. The topological polar surface area (TPSA) is 110 Å². The van der Waals surface area contributed by atoms with E-state index in [-0.39, 0.29) is 5.70 Å². The zero-order valence-corrected chi connectivity index (χ0v) is 8.53. The second kappa shape index (κ2) is 4.13. The van der Waals surface area contributed by atoms with Gasteiger partial charge in [-0.15, -0.1) is 0 Å². The van der Waals surface area contributed by atoms with Crippen LogP contribution in [-0.2, 0) is 10.0 Å². The Morgan fingerprint density at radius 2 is 1.80 bits per heavy atom. The fourth-order valence-corrected chi connectivity index (χ4v) is 1.58. The maximum Gasteiger partial charge on any atom is 0.250 e. The first-order valence-electron chi connectivity index (χ1n) is 3.95. The van der Waals surface area contributed by atoms with E-state index in [1.54, 1.807) is 30.3 Å². The maximum atomic E-state index is 11.0. The third-order valence-corrected chi connectivity index (χ3v) is 2.60. The summed E-state index contributed by atoms with van der Waals surface area (Å²) in [6.07, 6.45) is 0. The fraction of sp³-hybridized carbons (Fsp3) is 0. The Morgan fingerprint density at radius 3 is 2.20 bits per heavy atom. The third-order valence-electron chi connectivity index (χ3n) is 1.72. The van der Waals surface area contributed by atoms with Crippen LogP contribution >= 0.6 is 0 Å². The molecule has 1 aromatic carbocycles. The Morgan fingerprint density at radius 1 is 1.27 bits per heavy atom.